The second-order valence-corrected chi connectivity index (χ2v) is 4.60. The molecule has 0 fully saturated rings. The molecule has 0 spiro atoms. The Balaban J connectivity index is 1.97. The third-order valence-corrected chi connectivity index (χ3v) is 3.02. The maximum Gasteiger partial charge on any atom is 0.241 e. The predicted molar refractivity (Wildman–Crippen MR) is 73.6 cm³/mol. The van der Waals surface area contributed by atoms with Gasteiger partial charge >= 0.3 is 0 Å². The summed E-state index contributed by atoms with van der Waals surface area (Å²) in [7, 11) is 0. The minimum atomic E-state index is -0.465. The first kappa shape index (κ1) is 13.7. The lowest BCUT2D eigenvalue weighted by Gasteiger charge is -2.19. The van der Waals surface area contributed by atoms with Crippen LogP contribution in [0.2, 0.25) is 0 Å². The van der Waals surface area contributed by atoms with E-state index in [1.165, 1.54) is 0 Å². The van der Waals surface area contributed by atoms with Gasteiger partial charge in [-0.3, -0.25) is 4.79 Å². The second-order valence-electron chi connectivity index (χ2n) is 4.60. The number of fused-ring (bicyclic) bond motifs is 1. The zero-order valence-corrected chi connectivity index (χ0v) is 11.1. The maximum atomic E-state index is 11.9. The summed E-state index contributed by atoms with van der Waals surface area (Å²) < 4.78 is 10.9. The summed E-state index contributed by atoms with van der Waals surface area (Å²) in [6.45, 7) is 3.16. The van der Waals surface area contributed by atoms with Gasteiger partial charge in [0.2, 0.25) is 5.91 Å². The zero-order valence-electron chi connectivity index (χ0n) is 11.1. The summed E-state index contributed by atoms with van der Waals surface area (Å²) in [4.78, 5) is 11.9. The van der Waals surface area contributed by atoms with Crippen LogP contribution in [0, 0.1) is 0 Å². The number of ether oxygens (including phenoxy) is 2. The van der Waals surface area contributed by atoms with E-state index in [4.69, 9.17) is 15.2 Å². The van der Waals surface area contributed by atoms with Crippen LogP contribution in [0.1, 0.15) is 26.2 Å². The van der Waals surface area contributed by atoms with Crippen molar-refractivity contribution in [1.82, 2.24) is 0 Å². The van der Waals surface area contributed by atoms with E-state index < -0.39 is 6.04 Å². The van der Waals surface area contributed by atoms with Gasteiger partial charge in [0.1, 0.15) is 13.2 Å². The van der Waals surface area contributed by atoms with Crippen molar-refractivity contribution in [3.8, 4) is 11.5 Å². The van der Waals surface area contributed by atoms with Crippen LogP contribution in [0.15, 0.2) is 18.2 Å². The van der Waals surface area contributed by atoms with Crippen molar-refractivity contribution in [3.05, 3.63) is 18.2 Å². The molecule has 0 aliphatic carbocycles. The first-order valence-corrected chi connectivity index (χ1v) is 6.67. The monoisotopic (exact) mass is 264 g/mol. The van der Waals surface area contributed by atoms with Crippen molar-refractivity contribution in [2.75, 3.05) is 18.5 Å². The summed E-state index contributed by atoms with van der Waals surface area (Å²) in [5.74, 6) is 1.20. The number of carbonyl (C=O) groups excluding carboxylic acids is 1. The normalized spacial score (nSPS) is 14.8. The van der Waals surface area contributed by atoms with Crippen molar-refractivity contribution < 1.29 is 14.3 Å². The number of hydrogen-bond donors (Lipinski definition) is 2. The van der Waals surface area contributed by atoms with E-state index in [9.17, 15) is 4.79 Å². The van der Waals surface area contributed by atoms with Gasteiger partial charge in [0.05, 0.1) is 6.04 Å². The van der Waals surface area contributed by atoms with Gasteiger partial charge in [-0.25, -0.2) is 0 Å². The first-order valence-electron chi connectivity index (χ1n) is 6.67. The number of benzene rings is 1. The molecule has 19 heavy (non-hydrogen) atoms. The smallest absolute Gasteiger partial charge is 0.241 e. The number of nitrogens with two attached hydrogens (primary N) is 1. The number of carbonyl (C=O) groups is 1. The van der Waals surface area contributed by atoms with Crippen LogP contribution in [0.25, 0.3) is 0 Å². The van der Waals surface area contributed by atoms with Crippen molar-refractivity contribution in [1.29, 1.82) is 0 Å². The Morgan fingerprint density at radius 3 is 2.84 bits per heavy atom. The number of hydrogen-bond acceptors (Lipinski definition) is 4. The van der Waals surface area contributed by atoms with E-state index in [-0.39, 0.29) is 5.91 Å². The molecule has 0 unspecified atom stereocenters. The summed E-state index contributed by atoms with van der Waals surface area (Å²) in [5, 5.41) is 2.80. The van der Waals surface area contributed by atoms with E-state index in [2.05, 4.69) is 12.2 Å². The quantitative estimate of drug-likeness (QED) is 0.852. The fourth-order valence-electron chi connectivity index (χ4n) is 1.91. The van der Waals surface area contributed by atoms with Crippen LogP contribution in [0.4, 0.5) is 5.69 Å². The van der Waals surface area contributed by atoms with Gasteiger partial charge in [-0.2, -0.15) is 0 Å². The zero-order chi connectivity index (χ0) is 13.7. The van der Waals surface area contributed by atoms with E-state index in [1.54, 1.807) is 18.2 Å². The molecule has 1 aliphatic heterocycles. The standard InChI is InChI=1S/C14H20N2O3/c1-2-3-4-11(15)14(17)16-10-5-6-12-13(9-10)19-8-7-18-12/h5-6,9,11H,2-4,7-8,15H2,1H3,(H,16,17)/t11-/m0/s1. The molecule has 0 aromatic heterocycles. The van der Waals surface area contributed by atoms with Crippen LogP contribution in [0.5, 0.6) is 11.5 Å². The van der Waals surface area contributed by atoms with Crippen LogP contribution >= 0.6 is 0 Å². The molecule has 1 heterocycles. The fourth-order valence-corrected chi connectivity index (χ4v) is 1.91. The van der Waals surface area contributed by atoms with Gasteiger partial charge < -0.3 is 20.5 Å². The van der Waals surface area contributed by atoms with Crippen molar-refractivity contribution in [3.63, 3.8) is 0 Å². The molecule has 5 heteroatoms. The van der Waals surface area contributed by atoms with Crippen molar-refractivity contribution in [2.45, 2.75) is 32.2 Å². The predicted octanol–water partition coefficient (Wildman–Crippen LogP) is 1.91. The summed E-state index contributed by atoms with van der Waals surface area (Å²) in [6, 6.07) is 4.88. The summed E-state index contributed by atoms with van der Waals surface area (Å²) in [6.07, 6.45) is 2.69. The molecule has 1 aromatic rings. The molecule has 104 valence electrons. The molecule has 0 saturated heterocycles. The Kier molecular flexibility index (Phi) is 4.63. The molecule has 0 radical (unpaired) electrons. The molecule has 0 bridgehead atoms. The molecule has 1 aliphatic rings. The number of unbranched alkanes of at least 4 members (excludes halogenated alkanes) is 1. The molecule has 1 amide bonds. The number of rotatable bonds is 5. The third-order valence-electron chi connectivity index (χ3n) is 3.02. The van der Waals surface area contributed by atoms with Crippen LogP contribution in [-0.4, -0.2) is 25.2 Å². The van der Waals surface area contributed by atoms with E-state index >= 15 is 0 Å². The van der Waals surface area contributed by atoms with Gasteiger partial charge in [-0.1, -0.05) is 19.8 Å². The molecule has 0 saturated carbocycles. The first-order chi connectivity index (χ1) is 9.20. The van der Waals surface area contributed by atoms with Crippen LogP contribution in [0.3, 0.4) is 0 Å². The molecular formula is C14H20N2O3. The van der Waals surface area contributed by atoms with Crippen molar-refractivity contribution >= 4 is 11.6 Å². The van der Waals surface area contributed by atoms with E-state index in [0.29, 0.717) is 36.8 Å². The van der Waals surface area contributed by atoms with Crippen LogP contribution < -0.4 is 20.5 Å². The minimum Gasteiger partial charge on any atom is -0.486 e. The molecule has 3 N–H and O–H groups in total. The Morgan fingerprint density at radius 2 is 2.11 bits per heavy atom. The van der Waals surface area contributed by atoms with Gasteiger partial charge in [-0.15, -0.1) is 0 Å². The topological polar surface area (TPSA) is 73.6 Å². The van der Waals surface area contributed by atoms with Gasteiger partial charge in [0, 0.05) is 11.8 Å². The Labute approximate surface area is 113 Å². The molecular weight excluding hydrogens is 244 g/mol. The van der Waals surface area contributed by atoms with Crippen molar-refractivity contribution in [2.24, 2.45) is 5.73 Å². The highest BCUT2D eigenvalue weighted by molar-refractivity contribution is 5.94. The summed E-state index contributed by atoms with van der Waals surface area (Å²) >= 11 is 0. The van der Waals surface area contributed by atoms with Crippen LogP contribution in [-0.2, 0) is 4.79 Å². The average molecular weight is 264 g/mol. The SMILES string of the molecule is CCCC[C@H](N)C(=O)Nc1ccc2c(c1)OCCO2. The molecule has 1 aromatic carbocycles. The molecule has 5 nitrogen and oxygen atoms in total. The third kappa shape index (κ3) is 3.61. The molecule has 1 atom stereocenters. The second kappa shape index (κ2) is 6.43. The Morgan fingerprint density at radius 1 is 1.37 bits per heavy atom. The summed E-state index contributed by atoms with van der Waals surface area (Å²) in [5.41, 5.74) is 6.50. The van der Waals surface area contributed by atoms with Gasteiger partial charge in [0.15, 0.2) is 11.5 Å². The number of amides is 1. The minimum absolute atomic E-state index is 0.162. The number of anilines is 1. The van der Waals surface area contributed by atoms with E-state index in [0.717, 1.165) is 12.8 Å². The maximum absolute atomic E-state index is 11.9. The van der Waals surface area contributed by atoms with Gasteiger partial charge in [0.25, 0.3) is 0 Å². The van der Waals surface area contributed by atoms with Gasteiger partial charge in [-0.05, 0) is 18.6 Å². The highest BCUT2D eigenvalue weighted by Gasteiger charge is 2.15. The largest absolute Gasteiger partial charge is 0.486 e. The Bertz CT molecular complexity index is 448. The average Bonchev–Trinajstić information content (AvgIpc) is 2.44. The Hall–Kier alpha value is -1.75. The fraction of sp³-hybridized carbons (Fsp3) is 0.500. The highest BCUT2D eigenvalue weighted by atomic mass is 16.6. The lowest BCUT2D eigenvalue weighted by Crippen LogP contribution is -2.35. The van der Waals surface area contributed by atoms with E-state index in [1.807, 2.05) is 0 Å². The highest BCUT2D eigenvalue weighted by Crippen LogP contribution is 2.32. The number of nitrogens with one attached hydrogen (secondary N) is 1. The lowest BCUT2D eigenvalue weighted by molar-refractivity contribution is -0.117. The lowest BCUT2D eigenvalue weighted by atomic mass is 10.1. The molecule has 2 rings (SSSR count).